The quantitative estimate of drug-likeness (QED) is 0.660. The van der Waals surface area contributed by atoms with Crippen LogP contribution in [-0.2, 0) is 6.42 Å². The second kappa shape index (κ2) is 9.24. The monoisotopic (exact) mass is 404 g/mol. The van der Waals surface area contributed by atoms with Crippen LogP contribution in [0.4, 0.5) is 5.69 Å². The molecule has 1 aliphatic rings. The third-order valence-corrected chi connectivity index (χ3v) is 5.74. The van der Waals surface area contributed by atoms with Crippen molar-refractivity contribution in [3.63, 3.8) is 0 Å². The molecule has 0 spiro atoms. The van der Waals surface area contributed by atoms with Crippen LogP contribution in [0.2, 0.25) is 0 Å². The van der Waals surface area contributed by atoms with Crippen molar-refractivity contribution >= 4 is 11.6 Å². The number of nitrogens with zero attached hydrogens (tertiary/aromatic N) is 3. The fourth-order valence-corrected chi connectivity index (χ4v) is 3.85. The molecule has 0 bridgehead atoms. The van der Waals surface area contributed by atoms with E-state index in [0.29, 0.717) is 5.56 Å². The molecule has 1 amide bonds. The number of aliphatic hydroxyl groups is 1. The Hall–Kier alpha value is -2.96. The van der Waals surface area contributed by atoms with Crippen molar-refractivity contribution in [2.24, 2.45) is 0 Å². The predicted molar refractivity (Wildman–Crippen MR) is 118 cm³/mol. The molecule has 0 radical (unpaired) electrons. The lowest BCUT2D eigenvalue weighted by atomic mass is 10.1. The molecule has 1 aromatic heterocycles. The van der Waals surface area contributed by atoms with Crippen LogP contribution in [0.25, 0.3) is 5.69 Å². The number of carbonyl (C=O) groups excluding carboxylic acids is 1. The summed E-state index contributed by atoms with van der Waals surface area (Å²) in [7, 11) is 0. The molecule has 2 N–H and O–H groups in total. The Balaban J connectivity index is 1.34. The van der Waals surface area contributed by atoms with Crippen molar-refractivity contribution in [2.75, 3.05) is 25.0 Å². The highest BCUT2D eigenvalue weighted by Crippen LogP contribution is 2.17. The van der Waals surface area contributed by atoms with Crippen molar-refractivity contribution in [1.29, 1.82) is 0 Å². The lowest BCUT2D eigenvalue weighted by Crippen LogP contribution is -2.37. The van der Waals surface area contributed by atoms with Crippen molar-refractivity contribution < 1.29 is 9.90 Å². The first-order chi connectivity index (χ1) is 14.6. The number of carbonyl (C=O) groups is 1. The summed E-state index contributed by atoms with van der Waals surface area (Å²) in [5.41, 5.74) is 4.32. The maximum Gasteiger partial charge on any atom is 0.259 e. The zero-order chi connectivity index (χ0) is 20.9. The van der Waals surface area contributed by atoms with Crippen LogP contribution in [-0.4, -0.2) is 51.4 Å². The first kappa shape index (κ1) is 20.3. The van der Waals surface area contributed by atoms with E-state index in [2.05, 4.69) is 27.4 Å². The Morgan fingerprint density at radius 2 is 1.80 bits per heavy atom. The summed E-state index contributed by atoms with van der Waals surface area (Å²) in [4.78, 5) is 15.1. The number of piperidine rings is 1. The molecule has 6 nitrogen and oxygen atoms in total. The van der Waals surface area contributed by atoms with E-state index in [-0.39, 0.29) is 12.0 Å². The maximum absolute atomic E-state index is 12.7. The topological polar surface area (TPSA) is 70.4 Å². The van der Waals surface area contributed by atoms with E-state index < -0.39 is 0 Å². The Bertz CT molecular complexity index is 974. The maximum atomic E-state index is 12.7. The smallest absolute Gasteiger partial charge is 0.259 e. The fraction of sp³-hybridized carbons (Fsp3) is 0.333. The van der Waals surface area contributed by atoms with Crippen molar-refractivity contribution in [2.45, 2.75) is 32.3 Å². The Morgan fingerprint density at radius 1 is 1.10 bits per heavy atom. The zero-order valence-corrected chi connectivity index (χ0v) is 17.3. The molecule has 0 saturated carbocycles. The van der Waals surface area contributed by atoms with Gasteiger partial charge in [0.2, 0.25) is 0 Å². The number of amides is 1. The van der Waals surface area contributed by atoms with Gasteiger partial charge in [0, 0.05) is 25.3 Å². The molecule has 30 heavy (non-hydrogen) atoms. The van der Waals surface area contributed by atoms with Crippen molar-refractivity contribution in [1.82, 2.24) is 14.7 Å². The molecule has 0 atom stereocenters. The van der Waals surface area contributed by atoms with Gasteiger partial charge in [0.15, 0.2) is 0 Å². The van der Waals surface area contributed by atoms with Crippen LogP contribution in [0.3, 0.4) is 0 Å². The number of anilines is 1. The highest BCUT2D eigenvalue weighted by molar-refractivity contribution is 6.05. The molecule has 1 saturated heterocycles. The molecular formula is C24H28N4O2. The van der Waals surface area contributed by atoms with Crippen molar-refractivity contribution in [3.8, 4) is 5.69 Å². The molecule has 156 valence electrons. The van der Waals surface area contributed by atoms with Crippen LogP contribution in [0, 0.1) is 6.92 Å². The number of aliphatic hydroxyl groups excluding tert-OH is 1. The average molecular weight is 405 g/mol. The molecule has 4 rings (SSSR count). The molecule has 3 aromatic rings. The van der Waals surface area contributed by atoms with Gasteiger partial charge in [-0.25, -0.2) is 4.68 Å². The summed E-state index contributed by atoms with van der Waals surface area (Å²) < 4.78 is 1.78. The predicted octanol–water partition coefficient (Wildman–Crippen LogP) is 3.43. The van der Waals surface area contributed by atoms with Crippen LogP contribution in [0.1, 0.15) is 34.5 Å². The van der Waals surface area contributed by atoms with Crippen LogP contribution >= 0.6 is 0 Å². The number of likely N-dealkylation sites (tertiary alicyclic amines) is 1. The summed E-state index contributed by atoms with van der Waals surface area (Å²) in [5.74, 6) is -0.158. The molecule has 1 aliphatic heterocycles. The lowest BCUT2D eigenvalue weighted by molar-refractivity contribution is 0.0832. The zero-order valence-electron chi connectivity index (χ0n) is 17.3. The van der Waals surface area contributed by atoms with E-state index in [0.717, 1.165) is 56.0 Å². The number of aromatic nitrogens is 2. The molecular weight excluding hydrogens is 376 g/mol. The summed E-state index contributed by atoms with van der Waals surface area (Å²) in [5, 5.41) is 16.9. The van der Waals surface area contributed by atoms with E-state index in [1.54, 1.807) is 10.9 Å². The van der Waals surface area contributed by atoms with Gasteiger partial charge in [-0.2, -0.15) is 5.10 Å². The minimum absolute atomic E-state index is 0.132. The number of hydrogen-bond acceptors (Lipinski definition) is 4. The van der Waals surface area contributed by atoms with Gasteiger partial charge in [-0.3, -0.25) is 4.79 Å². The number of rotatable bonds is 6. The van der Waals surface area contributed by atoms with Gasteiger partial charge < -0.3 is 15.3 Å². The van der Waals surface area contributed by atoms with Crippen molar-refractivity contribution in [3.05, 3.63) is 77.6 Å². The van der Waals surface area contributed by atoms with E-state index in [9.17, 15) is 9.90 Å². The molecule has 0 unspecified atom stereocenters. The Morgan fingerprint density at radius 3 is 2.50 bits per heavy atom. The normalized spacial score (nSPS) is 15.3. The van der Waals surface area contributed by atoms with Gasteiger partial charge in [0.25, 0.3) is 5.91 Å². The van der Waals surface area contributed by atoms with Crippen LogP contribution < -0.4 is 5.32 Å². The van der Waals surface area contributed by atoms with E-state index in [4.69, 9.17) is 0 Å². The second-order valence-corrected chi connectivity index (χ2v) is 7.86. The van der Waals surface area contributed by atoms with Crippen LogP contribution in [0.15, 0.2) is 60.8 Å². The lowest BCUT2D eigenvalue weighted by Gasteiger charge is -2.29. The van der Waals surface area contributed by atoms with Crippen LogP contribution in [0.5, 0.6) is 0 Å². The molecule has 6 heteroatoms. The minimum Gasteiger partial charge on any atom is -0.393 e. The minimum atomic E-state index is -0.158. The van der Waals surface area contributed by atoms with E-state index in [1.807, 2.05) is 49.4 Å². The van der Waals surface area contributed by atoms with Gasteiger partial charge in [0.05, 0.1) is 29.2 Å². The molecule has 2 aromatic carbocycles. The number of benzene rings is 2. The number of para-hydroxylation sites is 1. The van der Waals surface area contributed by atoms with Gasteiger partial charge in [-0.05, 0) is 56.0 Å². The van der Waals surface area contributed by atoms with E-state index in [1.165, 1.54) is 5.56 Å². The fourth-order valence-electron chi connectivity index (χ4n) is 3.85. The third kappa shape index (κ3) is 4.78. The highest BCUT2D eigenvalue weighted by Gasteiger charge is 2.17. The average Bonchev–Trinajstić information content (AvgIpc) is 3.16. The number of hydrogen-bond donors (Lipinski definition) is 2. The first-order valence-corrected chi connectivity index (χ1v) is 10.5. The van der Waals surface area contributed by atoms with Gasteiger partial charge >= 0.3 is 0 Å². The van der Waals surface area contributed by atoms with E-state index >= 15 is 0 Å². The summed E-state index contributed by atoms with van der Waals surface area (Å²) in [6.45, 7) is 4.82. The second-order valence-electron chi connectivity index (χ2n) is 7.86. The highest BCUT2D eigenvalue weighted by atomic mass is 16.3. The largest absolute Gasteiger partial charge is 0.393 e. The Labute approximate surface area is 177 Å². The first-order valence-electron chi connectivity index (χ1n) is 10.5. The standard InChI is InChI=1S/C24H28N4O2/c1-18-23(17-25-28(18)21-5-3-2-4-6-21)24(30)26-20-9-7-19(8-10-20)11-14-27-15-12-22(29)13-16-27/h2-10,17,22,29H,11-16H2,1H3,(H,26,30). The SMILES string of the molecule is Cc1c(C(=O)Nc2ccc(CCN3CCC(O)CC3)cc2)cnn1-c1ccccc1. The molecule has 2 heterocycles. The van der Waals surface area contributed by atoms with Gasteiger partial charge in [-0.15, -0.1) is 0 Å². The summed E-state index contributed by atoms with van der Waals surface area (Å²) in [6.07, 6.45) is 4.18. The molecule has 1 fully saturated rings. The summed E-state index contributed by atoms with van der Waals surface area (Å²) >= 11 is 0. The Kier molecular flexibility index (Phi) is 6.26. The summed E-state index contributed by atoms with van der Waals surface area (Å²) in [6, 6.07) is 17.8. The molecule has 0 aliphatic carbocycles. The number of nitrogens with one attached hydrogen (secondary N) is 1. The van der Waals surface area contributed by atoms with Gasteiger partial charge in [-0.1, -0.05) is 30.3 Å². The van der Waals surface area contributed by atoms with Gasteiger partial charge in [0.1, 0.15) is 0 Å². The third-order valence-electron chi connectivity index (χ3n) is 5.74.